The third-order valence-corrected chi connectivity index (χ3v) is 1.74. The number of carbonyl (C=O) groups is 1. The van der Waals surface area contributed by atoms with E-state index in [1.807, 2.05) is 6.04 Å². The first-order chi connectivity index (χ1) is 7.67. The average molecular weight is 217 g/mol. The lowest BCUT2D eigenvalue weighted by Crippen LogP contribution is -2.22. The van der Waals surface area contributed by atoms with Crippen molar-refractivity contribution in [2.45, 2.75) is 0 Å². The van der Waals surface area contributed by atoms with Crippen molar-refractivity contribution in [2.24, 2.45) is 10.7 Å². The molecule has 1 aromatic rings. The molecule has 0 aliphatic rings. The Bertz CT molecular complexity index is 461. The van der Waals surface area contributed by atoms with Crippen LogP contribution < -0.4 is 11.1 Å². The number of nitrogens with zero attached hydrogens (tertiary/aromatic N) is 1. The summed E-state index contributed by atoms with van der Waals surface area (Å²) in [6.07, 6.45) is 4.95. The summed E-state index contributed by atoms with van der Waals surface area (Å²) < 4.78 is 4.58. The second kappa shape index (κ2) is 5.41. The molecule has 0 aromatic heterocycles. The molecule has 0 unspecified atom stereocenters. The van der Waals surface area contributed by atoms with Crippen LogP contribution in [-0.4, -0.2) is 19.0 Å². The number of carbonyl (C=O) groups excluding carboxylic acids is 1. The maximum atomic E-state index is 11.2. The zero-order valence-electron chi connectivity index (χ0n) is 8.73. The molecule has 0 aliphatic carbocycles. The highest BCUT2D eigenvalue weighted by Gasteiger charge is 2.05. The molecule has 82 valence electrons. The Kier molecular flexibility index (Phi) is 3.92. The molecular formula is C11H11N3O2. The second-order valence-electron chi connectivity index (χ2n) is 2.82. The Hall–Kier alpha value is -2.48. The Balaban J connectivity index is 2.88. The van der Waals surface area contributed by atoms with Crippen LogP contribution in [0, 0.1) is 12.5 Å². The van der Waals surface area contributed by atoms with Gasteiger partial charge in [-0.25, -0.2) is 4.79 Å². The van der Waals surface area contributed by atoms with Crippen LogP contribution in [0.5, 0.6) is 0 Å². The van der Waals surface area contributed by atoms with Gasteiger partial charge in [0, 0.05) is 11.7 Å². The number of guanidine groups is 1. The minimum atomic E-state index is -0.420. The van der Waals surface area contributed by atoms with E-state index in [4.69, 9.17) is 12.2 Å². The Morgan fingerprint density at radius 3 is 3.00 bits per heavy atom. The van der Waals surface area contributed by atoms with E-state index in [1.54, 1.807) is 24.3 Å². The van der Waals surface area contributed by atoms with Crippen LogP contribution in [0.3, 0.4) is 0 Å². The van der Waals surface area contributed by atoms with Crippen molar-refractivity contribution in [1.29, 1.82) is 0 Å². The van der Waals surface area contributed by atoms with Crippen LogP contribution in [0.15, 0.2) is 29.3 Å². The smallest absolute Gasteiger partial charge is 0.337 e. The van der Waals surface area contributed by atoms with Crippen LogP contribution in [0.2, 0.25) is 0 Å². The summed E-state index contributed by atoms with van der Waals surface area (Å²) in [5, 5.41) is 2.74. The lowest BCUT2D eigenvalue weighted by Gasteiger charge is -2.05. The molecule has 5 heteroatoms. The summed E-state index contributed by atoms with van der Waals surface area (Å²) in [5.41, 5.74) is 6.48. The molecule has 0 amide bonds. The van der Waals surface area contributed by atoms with Crippen molar-refractivity contribution in [3.63, 3.8) is 0 Å². The fourth-order valence-electron chi connectivity index (χ4n) is 1.09. The van der Waals surface area contributed by atoms with Gasteiger partial charge in [0.2, 0.25) is 5.96 Å². The number of benzene rings is 1. The van der Waals surface area contributed by atoms with Gasteiger partial charge in [0.1, 0.15) is 0 Å². The maximum Gasteiger partial charge on any atom is 0.337 e. The molecule has 3 N–H and O–H groups in total. The van der Waals surface area contributed by atoms with Crippen LogP contribution in [0.4, 0.5) is 5.69 Å². The standard InChI is InChI=1S/C11H11N3O2/c1-3-13-11(12)14-9-6-4-5-8(7-9)10(15)16-2/h1,4-7H,2H3,(H3,12,13,14). The summed E-state index contributed by atoms with van der Waals surface area (Å²) in [6, 6.07) is 8.68. The number of anilines is 1. The number of methoxy groups -OCH3 is 1. The summed E-state index contributed by atoms with van der Waals surface area (Å²) in [4.78, 5) is 14.7. The molecule has 0 radical (unpaired) electrons. The van der Waals surface area contributed by atoms with E-state index in [-0.39, 0.29) is 5.96 Å². The number of ether oxygens (including phenoxy) is 1. The van der Waals surface area contributed by atoms with E-state index >= 15 is 0 Å². The number of nitrogens with one attached hydrogen (secondary N) is 1. The van der Waals surface area contributed by atoms with Gasteiger partial charge in [-0.15, -0.1) is 0 Å². The van der Waals surface area contributed by atoms with Gasteiger partial charge in [-0.1, -0.05) is 12.5 Å². The lowest BCUT2D eigenvalue weighted by atomic mass is 10.2. The largest absolute Gasteiger partial charge is 0.465 e. The summed E-state index contributed by atoms with van der Waals surface area (Å²) in [6.45, 7) is 0. The van der Waals surface area contributed by atoms with Crippen molar-refractivity contribution in [2.75, 3.05) is 12.4 Å². The molecule has 0 bridgehead atoms. The molecule has 5 nitrogen and oxygen atoms in total. The van der Waals surface area contributed by atoms with Gasteiger partial charge in [-0.05, 0) is 18.2 Å². The van der Waals surface area contributed by atoms with Gasteiger partial charge in [-0.2, -0.15) is 4.99 Å². The molecule has 0 atom stereocenters. The van der Waals surface area contributed by atoms with Gasteiger partial charge in [-0.3, -0.25) is 0 Å². The summed E-state index contributed by atoms with van der Waals surface area (Å²) >= 11 is 0. The SMILES string of the molecule is C#CN=C(N)Nc1cccc(C(=O)OC)c1. The van der Waals surface area contributed by atoms with Gasteiger partial charge < -0.3 is 15.8 Å². The molecule has 0 saturated heterocycles. The van der Waals surface area contributed by atoms with Gasteiger partial charge in [0.25, 0.3) is 0 Å². The van der Waals surface area contributed by atoms with Gasteiger partial charge in [0.15, 0.2) is 0 Å². The van der Waals surface area contributed by atoms with E-state index in [9.17, 15) is 4.79 Å². The molecule has 0 spiro atoms. The van der Waals surface area contributed by atoms with Crippen LogP contribution in [-0.2, 0) is 4.74 Å². The number of rotatable bonds is 2. The minimum Gasteiger partial charge on any atom is -0.465 e. The molecule has 0 fully saturated rings. The van der Waals surface area contributed by atoms with E-state index in [2.05, 4.69) is 15.0 Å². The molecule has 0 saturated carbocycles. The van der Waals surface area contributed by atoms with Crippen molar-refractivity contribution in [3.05, 3.63) is 29.8 Å². The number of nitrogens with two attached hydrogens (primary N) is 1. The highest BCUT2D eigenvalue weighted by atomic mass is 16.5. The van der Waals surface area contributed by atoms with E-state index < -0.39 is 5.97 Å². The first-order valence-corrected chi connectivity index (χ1v) is 4.41. The topological polar surface area (TPSA) is 76.7 Å². The van der Waals surface area contributed by atoms with Gasteiger partial charge >= 0.3 is 5.97 Å². The number of terminal acetylenes is 1. The summed E-state index contributed by atoms with van der Waals surface area (Å²) in [7, 11) is 1.32. The predicted octanol–water partition coefficient (Wildman–Crippen LogP) is 0.791. The fourth-order valence-corrected chi connectivity index (χ4v) is 1.09. The van der Waals surface area contributed by atoms with Gasteiger partial charge in [0.05, 0.1) is 12.7 Å². The number of aliphatic imine (C=N–C) groups is 1. The zero-order chi connectivity index (χ0) is 12.0. The normalized spacial score (nSPS) is 10.4. The molecule has 1 aromatic carbocycles. The number of esters is 1. The zero-order valence-corrected chi connectivity index (χ0v) is 8.73. The van der Waals surface area contributed by atoms with Crippen LogP contribution in [0.25, 0.3) is 0 Å². The second-order valence-corrected chi connectivity index (χ2v) is 2.82. The van der Waals surface area contributed by atoms with E-state index in [1.165, 1.54) is 7.11 Å². The first-order valence-electron chi connectivity index (χ1n) is 4.41. The molecule has 16 heavy (non-hydrogen) atoms. The number of hydrogen-bond donors (Lipinski definition) is 2. The third-order valence-electron chi connectivity index (χ3n) is 1.74. The third kappa shape index (κ3) is 3.03. The Morgan fingerprint density at radius 1 is 1.62 bits per heavy atom. The Labute approximate surface area is 93.3 Å². The first kappa shape index (κ1) is 11.6. The maximum absolute atomic E-state index is 11.2. The van der Waals surface area contributed by atoms with E-state index in [0.717, 1.165) is 0 Å². The predicted molar refractivity (Wildman–Crippen MR) is 61.9 cm³/mol. The average Bonchev–Trinajstić information content (AvgIpc) is 2.28. The fraction of sp³-hybridized carbons (Fsp3) is 0.0909. The number of hydrogen-bond acceptors (Lipinski definition) is 3. The van der Waals surface area contributed by atoms with Crippen LogP contribution in [0.1, 0.15) is 10.4 Å². The van der Waals surface area contributed by atoms with Crippen molar-refractivity contribution in [1.82, 2.24) is 0 Å². The molecule has 0 heterocycles. The monoisotopic (exact) mass is 217 g/mol. The molecule has 1 rings (SSSR count). The van der Waals surface area contributed by atoms with E-state index in [0.29, 0.717) is 11.3 Å². The summed E-state index contributed by atoms with van der Waals surface area (Å²) in [5.74, 6) is -0.333. The highest BCUT2D eigenvalue weighted by molar-refractivity contribution is 5.95. The van der Waals surface area contributed by atoms with Crippen molar-refractivity contribution < 1.29 is 9.53 Å². The Morgan fingerprint density at radius 2 is 2.38 bits per heavy atom. The van der Waals surface area contributed by atoms with Crippen molar-refractivity contribution >= 4 is 17.6 Å². The molecular weight excluding hydrogens is 206 g/mol. The van der Waals surface area contributed by atoms with Crippen LogP contribution >= 0.6 is 0 Å². The van der Waals surface area contributed by atoms with Crippen molar-refractivity contribution in [3.8, 4) is 12.5 Å². The quantitative estimate of drug-likeness (QED) is 0.332. The highest BCUT2D eigenvalue weighted by Crippen LogP contribution is 2.10. The minimum absolute atomic E-state index is 0.0875. The molecule has 0 aliphatic heterocycles. The lowest BCUT2D eigenvalue weighted by molar-refractivity contribution is 0.0601.